The molecule has 0 radical (unpaired) electrons. The monoisotopic (exact) mass is 446 g/mol. The molecule has 1 aliphatic rings. The van der Waals surface area contributed by atoms with E-state index in [1.54, 1.807) is 0 Å². The van der Waals surface area contributed by atoms with Gasteiger partial charge < -0.3 is 4.42 Å². The van der Waals surface area contributed by atoms with Gasteiger partial charge >= 0.3 is 0 Å². The highest BCUT2D eigenvalue weighted by molar-refractivity contribution is 6.13. The lowest BCUT2D eigenvalue weighted by atomic mass is 9.91. The molecule has 6 aromatic rings. The molecule has 1 heterocycles. The molecule has 0 saturated heterocycles. The number of furan rings is 1. The lowest BCUT2D eigenvalue weighted by molar-refractivity contribution is 0.594. The fourth-order valence-electron chi connectivity index (χ4n) is 5.34. The first kappa shape index (κ1) is 19.9. The van der Waals surface area contributed by atoms with Crippen molar-refractivity contribution in [1.82, 2.24) is 0 Å². The zero-order valence-corrected chi connectivity index (χ0v) is 19.2. The van der Waals surface area contributed by atoms with Crippen molar-refractivity contribution in [3.63, 3.8) is 0 Å². The molecule has 0 N–H and O–H groups in total. The zero-order valence-electron chi connectivity index (χ0n) is 19.2. The van der Waals surface area contributed by atoms with Gasteiger partial charge in [-0.05, 0) is 52.9 Å². The lowest BCUT2D eigenvalue weighted by Crippen LogP contribution is -1.93. The summed E-state index contributed by atoms with van der Waals surface area (Å²) in [6, 6.07) is 40.6. The summed E-state index contributed by atoms with van der Waals surface area (Å²) in [7, 11) is 0. The summed E-state index contributed by atoms with van der Waals surface area (Å²) in [5, 5.41) is 4.62. The maximum Gasteiger partial charge on any atom is 0.142 e. The molecule has 5 aromatic carbocycles. The molecule has 35 heavy (non-hydrogen) atoms. The van der Waals surface area contributed by atoms with Crippen molar-refractivity contribution in [2.24, 2.45) is 0 Å². The Morgan fingerprint density at radius 2 is 1.51 bits per heavy atom. The fraction of sp³-hybridized carbons (Fsp3) is 0.0588. The molecule has 0 spiro atoms. The minimum Gasteiger partial charge on any atom is -0.455 e. The molecule has 0 aliphatic heterocycles. The molecule has 7 rings (SSSR count). The van der Waals surface area contributed by atoms with Crippen LogP contribution in [0.2, 0.25) is 0 Å². The van der Waals surface area contributed by atoms with Crippen LogP contribution in [-0.2, 0) is 6.42 Å². The van der Waals surface area contributed by atoms with Gasteiger partial charge in [0.1, 0.15) is 11.5 Å². The number of allylic oxidation sites excluding steroid dienone is 1. The zero-order chi connectivity index (χ0) is 23.2. The summed E-state index contributed by atoms with van der Waals surface area (Å²) in [5.41, 5.74) is 7.11. The molecular weight excluding hydrogens is 424 g/mol. The Hall–Kier alpha value is -4.54. The van der Waals surface area contributed by atoms with E-state index in [4.69, 9.17) is 4.42 Å². The summed E-state index contributed by atoms with van der Waals surface area (Å²) in [5.74, 6) is 1.91. The van der Waals surface area contributed by atoms with Crippen LogP contribution in [0.3, 0.4) is 0 Å². The molecule has 1 aromatic heterocycles. The first-order chi connectivity index (χ1) is 17.4. The Labute approximate surface area is 205 Å². The number of fused-ring (bicyclic) bond motifs is 4. The van der Waals surface area contributed by atoms with E-state index >= 15 is 0 Å². The SMILES string of the molecule is c1ccc2ccc3cccc(-c4oc(-c5cccc(-c6ccccc6)c5)c5c4CCC=C5)c3c2c#1. The van der Waals surface area contributed by atoms with Crippen molar-refractivity contribution >= 4 is 27.6 Å². The molecule has 0 amide bonds. The Balaban J connectivity index is 1.47. The van der Waals surface area contributed by atoms with E-state index in [9.17, 15) is 0 Å². The van der Waals surface area contributed by atoms with Crippen LogP contribution in [0.15, 0.2) is 108 Å². The van der Waals surface area contributed by atoms with Crippen LogP contribution in [0.25, 0.3) is 61.4 Å². The van der Waals surface area contributed by atoms with Gasteiger partial charge in [-0.25, -0.2) is 0 Å². The maximum atomic E-state index is 6.81. The second-order valence-corrected chi connectivity index (χ2v) is 9.08. The number of hydrogen-bond acceptors (Lipinski definition) is 1. The number of rotatable bonds is 3. The van der Waals surface area contributed by atoms with E-state index in [0.717, 1.165) is 40.9 Å². The molecular formula is C34H22O. The quantitative estimate of drug-likeness (QED) is 0.264. The molecule has 1 aliphatic carbocycles. The van der Waals surface area contributed by atoms with Crippen LogP contribution in [-0.4, -0.2) is 0 Å². The molecule has 0 bridgehead atoms. The van der Waals surface area contributed by atoms with Crippen LogP contribution < -0.4 is 0 Å². The normalized spacial score (nSPS) is 12.6. The summed E-state index contributed by atoms with van der Waals surface area (Å²) in [4.78, 5) is 0. The topological polar surface area (TPSA) is 13.1 Å². The lowest BCUT2D eigenvalue weighted by Gasteiger charge is -2.10. The van der Waals surface area contributed by atoms with Gasteiger partial charge in [0.05, 0.1) is 0 Å². The Bertz CT molecular complexity index is 1730. The van der Waals surface area contributed by atoms with Crippen molar-refractivity contribution in [2.75, 3.05) is 0 Å². The molecule has 0 atom stereocenters. The third kappa shape index (κ3) is 3.27. The van der Waals surface area contributed by atoms with Crippen LogP contribution in [0.4, 0.5) is 0 Å². The summed E-state index contributed by atoms with van der Waals surface area (Å²) in [6.45, 7) is 0. The summed E-state index contributed by atoms with van der Waals surface area (Å²) >= 11 is 0. The van der Waals surface area contributed by atoms with Gasteiger partial charge in [-0.1, -0.05) is 103 Å². The second-order valence-electron chi connectivity index (χ2n) is 9.08. The largest absolute Gasteiger partial charge is 0.455 e. The Morgan fingerprint density at radius 3 is 2.46 bits per heavy atom. The van der Waals surface area contributed by atoms with E-state index in [-0.39, 0.29) is 0 Å². The molecule has 1 heteroatoms. The summed E-state index contributed by atoms with van der Waals surface area (Å²) < 4.78 is 6.81. The molecule has 0 fully saturated rings. The smallest absolute Gasteiger partial charge is 0.142 e. The van der Waals surface area contributed by atoms with Gasteiger partial charge in [0.2, 0.25) is 0 Å². The number of benzene rings is 4. The second kappa shape index (κ2) is 8.05. The molecule has 0 unspecified atom stereocenters. The predicted octanol–water partition coefficient (Wildman–Crippen LogP) is 9.15. The Morgan fingerprint density at radius 1 is 0.686 bits per heavy atom. The van der Waals surface area contributed by atoms with Crippen molar-refractivity contribution in [3.05, 3.63) is 126 Å². The molecule has 1 nitrogen and oxygen atoms in total. The summed E-state index contributed by atoms with van der Waals surface area (Å²) in [6.07, 6.45) is 6.49. The predicted molar refractivity (Wildman–Crippen MR) is 145 cm³/mol. The minimum absolute atomic E-state index is 0.941. The van der Waals surface area contributed by atoms with Crippen molar-refractivity contribution < 1.29 is 4.42 Å². The maximum absolute atomic E-state index is 6.81. The van der Waals surface area contributed by atoms with Crippen LogP contribution >= 0.6 is 0 Å². The van der Waals surface area contributed by atoms with Crippen LogP contribution in [0.1, 0.15) is 17.5 Å². The van der Waals surface area contributed by atoms with E-state index in [0.29, 0.717) is 0 Å². The highest BCUT2D eigenvalue weighted by Gasteiger charge is 2.24. The molecule has 0 saturated carbocycles. The average molecular weight is 447 g/mol. The van der Waals surface area contributed by atoms with Crippen LogP contribution in [0.5, 0.6) is 0 Å². The van der Waals surface area contributed by atoms with Gasteiger partial charge in [-0.3, -0.25) is 0 Å². The van der Waals surface area contributed by atoms with Gasteiger partial charge in [-0.2, -0.15) is 0 Å². The van der Waals surface area contributed by atoms with Crippen molar-refractivity contribution in [2.45, 2.75) is 12.8 Å². The highest BCUT2D eigenvalue weighted by Crippen LogP contribution is 2.44. The van der Waals surface area contributed by atoms with Crippen molar-refractivity contribution in [3.8, 4) is 33.8 Å². The molecule has 164 valence electrons. The van der Waals surface area contributed by atoms with Gasteiger partial charge in [0.15, 0.2) is 0 Å². The van der Waals surface area contributed by atoms with Gasteiger partial charge in [0, 0.05) is 33.0 Å². The first-order valence-corrected chi connectivity index (χ1v) is 12.1. The third-order valence-electron chi connectivity index (χ3n) is 6.99. The number of hydrogen-bond donors (Lipinski definition) is 0. The van der Waals surface area contributed by atoms with Gasteiger partial charge in [-0.15, -0.1) is 0 Å². The van der Waals surface area contributed by atoms with E-state index in [2.05, 4.69) is 115 Å². The third-order valence-corrected chi connectivity index (χ3v) is 6.99. The van der Waals surface area contributed by atoms with Crippen LogP contribution in [0, 0.1) is 12.1 Å². The van der Waals surface area contributed by atoms with E-state index in [1.165, 1.54) is 38.4 Å². The Kier molecular flexibility index (Phi) is 4.57. The fourth-order valence-corrected chi connectivity index (χ4v) is 5.34. The highest BCUT2D eigenvalue weighted by atomic mass is 16.3. The van der Waals surface area contributed by atoms with E-state index < -0.39 is 0 Å². The standard InChI is InChI=1S/C34H22O/c1-2-10-23(11-3-1)26-14-8-15-27(22-26)33-29-17-6-7-18-30(29)34(35-33)31-19-9-13-25-21-20-24-12-4-5-16-28(24)32(25)31/h1-4,6,8-15,17,19-22H,7,18H2. The van der Waals surface area contributed by atoms with E-state index in [1.807, 2.05) is 6.07 Å². The minimum atomic E-state index is 0.941. The van der Waals surface area contributed by atoms with Gasteiger partial charge in [0.25, 0.3) is 0 Å². The van der Waals surface area contributed by atoms with Crippen molar-refractivity contribution in [1.29, 1.82) is 0 Å². The first-order valence-electron chi connectivity index (χ1n) is 12.1. The average Bonchev–Trinajstić information content (AvgIpc) is 3.33.